The van der Waals surface area contributed by atoms with Crippen LogP contribution in [0.1, 0.15) is 29.8 Å². The quantitative estimate of drug-likeness (QED) is 0.565. The summed E-state index contributed by atoms with van der Waals surface area (Å²) in [6, 6.07) is 0. The van der Waals surface area contributed by atoms with Gasteiger partial charge in [0.25, 0.3) is 0 Å². The Morgan fingerprint density at radius 1 is 1.44 bits per heavy atom. The zero-order valence-electron chi connectivity index (χ0n) is 10.7. The first kappa shape index (κ1) is 13.0. The summed E-state index contributed by atoms with van der Waals surface area (Å²) in [6.07, 6.45) is 5.21. The third-order valence-electron chi connectivity index (χ3n) is 2.93. The van der Waals surface area contributed by atoms with Crippen molar-refractivity contribution in [1.29, 1.82) is 0 Å². The van der Waals surface area contributed by atoms with Gasteiger partial charge in [-0.1, -0.05) is 6.08 Å². The number of hydrogen-bond donors (Lipinski definition) is 1. The lowest BCUT2D eigenvalue weighted by atomic mass is 10.1. The molecule has 3 heteroatoms. The Morgan fingerprint density at radius 3 is 2.81 bits per heavy atom. The van der Waals surface area contributed by atoms with Crippen molar-refractivity contribution < 1.29 is 0 Å². The number of nitrogens with one attached hydrogen (secondary N) is 1. The highest BCUT2D eigenvalue weighted by Crippen LogP contribution is 2.14. The Hall–Kier alpha value is -1.09. The topological polar surface area (TPSA) is 29.9 Å². The van der Waals surface area contributed by atoms with E-state index in [4.69, 9.17) is 0 Å². The molecule has 0 saturated heterocycles. The van der Waals surface area contributed by atoms with Gasteiger partial charge in [-0.3, -0.25) is 4.68 Å². The summed E-state index contributed by atoms with van der Waals surface area (Å²) in [5, 5.41) is 7.77. The fourth-order valence-corrected chi connectivity index (χ4v) is 1.95. The Morgan fingerprint density at radius 2 is 2.19 bits per heavy atom. The van der Waals surface area contributed by atoms with E-state index in [0.717, 1.165) is 32.4 Å². The summed E-state index contributed by atoms with van der Waals surface area (Å²) in [4.78, 5) is 0. The molecule has 0 aliphatic heterocycles. The molecule has 1 aromatic rings. The van der Waals surface area contributed by atoms with E-state index in [2.05, 4.69) is 35.5 Å². The van der Waals surface area contributed by atoms with Crippen molar-refractivity contribution in [1.82, 2.24) is 15.1 Å². The van der Waals surface area contributed by atoms with Crippen LogP contribution in [0.2, 0.25) is 0 Å². The molecular weight excluding hydrogens is 198 g/mol. The number of aromatic nitrogens is 2. The second kappa shape index (κ2) is 6.48. The molecule has 0 amide bonds. The first-order valence-electron chi connectivity index (χ1n) is 5.99. The second-order valence-electron chi connectivity index (χ2n) is 4.16. The van der Waals surface area contributed by atoms with Gasteiger partial charge < -0.3 is 5.32 Å². The number of allylic oxidation sites excluding steroid dienone is 1. The molecule has 1 heterocycles. The number of rotatable bonds is 7. The molecule has 90 valence electrons. The monoisotopic (exact) mass is 221 g/mol. The average molecular weight is 221 g/mol. The lowest BCUT2D eigenvalue weighted by Gasteiger charge is -2.04. The second-order valence-corrected chi connectivity index (χ2v) is 4.16. The van der Waals surface area contributed by atoms with E-state index in [1.807, 2.05) is 13.1 Å². The Kier molecular flexibility index (Phi) is 5.26. The zero-order valence-corrected chi connectivity index (χ0v) is 10.7. The van der Waals surface area contributed by atoms with Gasteiger partial charge in [-0.05, 0) is 52.3 Å². The number of aryl methyl sites for hydroxylation is 2. The van der Waals surface area contributed by atoms with Crippen LogP contribution in [0.25, 0.3) is 0 Å². The molecule has 0 fully saturated rings. The van der Waals surface area contributed by atoms with Gasteiger partial charge in [0.2, 0.25) is 0 Å². The standard InChI is InChI=1S/C13H23N3/c1-5-6-7-10-16-12(3)13(8-9-14-4)11(2)15-16/h5,14H,1,6-10H2,2-4H3. The molecule has 0 bridgehead atoms. The van der Waals surface area contributed by atoms with Crippen molar-refractivity contribution in [2.45, 2.75) is 39.7 Å². The minimum absolute atomic E-state index is 0.998. The highest BCUT2D eigenvalue weighted by Gasteiger charge is 2.09. The van der Waals surface area contributed by atoms with Gasteiger partial charge in [0.05, 0.1) is 5.69 Å². The lowest BCUT2D eigenvalue weighted by molar-refractivity contribution is 0.565. The maximum Gasteiger partial charge on any atom is 0.0628 e. The van der Waals surface area contributed by atoms with E-state index in [1.54, 1.807) is 0 Å². The van der Waals surface area contributed by atoms with E-state index in [9.17, 15) is 0 Å². The SMILES string of the molecule is C=CCCCn1nc(C)c(CCNC)c1C. The van der Waals surface area contributed by atoms with Crippen molar-refractivity contribution >= 4 is 0 Å². The van der Waals surface area contributed by atoms with Gasteiger partial charge in [0.1, 0.15) is 0 Å². The molecule has 16 heavy (non-hydrogen) atoms. The minimum Gasteiger partial charge on any atom is -0.319 e. The first-order chi connectivity index (χ1) is 7.70. The van der Waals surface area contributed by atoms with Crippen LogP contribution in [-0.4, -0.2) is 23.4 Å². The number of likely N-dealkylation sites (N-methyl/N-ethyl adjacent to an activating group) is 1. The van der Waals surface area contributed by atoms with Crippen LogP contribution in [0.5, 0.6) is 0 Å². The van der Waals surface area contributed by atoms with Gasteiger partial charge in [-0.25, -0.2) is 0 Å². The molecule has 0 radical (unpaired) electrons. The molecule has 3 nitrogen and oxygen atoms in total. The maximum absolute atomic E-state index is 4.59. The lowest BCUT2D eigenvalue weighted by Crippen LogP contribution is -2.11. The molecule has 0 aliphatic rings. The third-order valence-corrected chi connectivity index (χ3v) is 2.93. The van der Waals surface area contributed by atoms with Crippen molar-refractivity contribution in [3.63, 3.8) is 0 Å². The largest absolute Gasteiger partial charge is 0.319 e. The van der Waals surface area contributed by atoms with Gasteiger partial charge in [0, 0.05) is 12.2 Å². The third kappa shape index (κ3) is 3.20. The molecule has 0 spiro atoms. The summed E-state index contributed by atoms with van der Waals surface area (Å²) in [5.41, 5.74) is 3.89. The van der Waals surface area contributed by atoms with Crippen molar-refractivity contribution in [2.24, 2.45) is 0 Å². The predicted molar refractivity (Wildman–Crippen MR) is 68.8 cm³/mol. The molecule has 0 saturated carbocycles. The van der Waals surface area contributed by atoms with E-state index in [0.29, 0.717) is 0 Å². The van der Waals surface area contributed by atoms with Crippen molar-refractivity contribution in [3.8, 4) is 0 Å². The summed E-state index contributed by atoms with van der Waals surface area (Å²) in [5.74, 6) is 0. The first-order valence-corrected chi connectivity index (χ1v) is 5.99. The van der Waals surface area contributed by atoms with Crippen LogP contribution in [0, 0.1) is 13.8 Å². The Balaban J connectivity index is 2.68. The normalized spacial score (nSPS) is 10.7. The molecule has 1 aromatic heterocycles. The molecule has 0 aliphatic carbocycles. The van der Waals surface area contributed by atoms with Crippen LogP contribution < -0.4 is 5.32 Å². The van der Waals surface area contributed by atoms with Crippen LogP contribution in [0.4, 0.5) is 0 Å². The molecular formula is C13H23N3. The molecule has 0 aromatic carbocycles. The molecule has 1 N–H and O–H groups in total. The summed E-state index contributed by atoms with van der Waals surface area (Å²) < 4.78 is 2.13. The fourth-order valence-electron chi connectivity index (χ4n) is 1.95. The van der Waals surface area contributed by atoms with E-state index in [1.165, 1.54) is 17.0 Å². The predicted octanol–water partition coefficient (Wildman–Crippen LogP) is 2.23. The van der Waals surface area contributed by atoms with E-state index >= 15 is 0 Å². The van der Waals surface area contributed by atoms with Crippen LogP contribution in [0.3, 0.4) is 0 Å². The highest BCUT2D eigenvalue weighted by atomic mass is 15.3. The van der Waals surface area contributed by atoms with Gasteiger partial charge in [-0.15, -0.1) is 6.58 Å². The van der Waals surface area contributed by atoms with Gasteiger partial charge >= 0.3 is 0 Å². The van der Waals surface area contributed by atoms with Crippen molar-refractivity contribution in [3.05, 3.63) is 29.6 Å². The fraction of sp³-hybridized carbons (Fsp3) is 0.615. The number of unbranched alkanes of at least 4 members (excludes halogenated alkanes) is 1. The smallest absolute Gasteiger partial charge is 0.0628 e. The van der Waals surface area contributed by atoms with Crippen LogP contribution in [-0.2, 0) is 13.0 Å². The van der Waals surface area contributed by atoms with E-state index in [-0.39, 0.29) is 0 Å². The van der Waals surface area contributed by atoms with Crippen molar-refractivity contribution in [2.75, 3.05) is 13.6 Å². The zero-order chi connectivity index (χ0) is 12.0. The van der Waals surface area contributed by atoms with Crippen LogP contribution >= 0.6 is 0 Å². The summed E-state index contributed by atoms with van der Waals surface area (Å²) in [7, 11) is 1.99. The van der Waals surface area contributed by atoms with Crippen LogP contribution in [0.15, 0.2) is 12.7 Å². The number of hydrogen-bond acceptors (Lipinski definition) is 2. The molecule has 0 atom stereocenters. The Bertz CT molecular complexity index is 339. The average Bonchev–Trinajstić information content (AvgIpc) is 2.53. The maximum atomic E-state index is 4.59. The number of nitrogens with zero attached hydrogens (tertiary/aromatic N) is 2. The summed E-state index contributed by atoms with van der Waals surface area (Å²) in [6.45, 7) is 10.0. The van der Waals surface area contributed by atoms with E-state index < -0.39 is 0 Å². The minimum atomic E-state index is 0.998. The summed E-state index contributed by atoms with van der Waals surface area (Å²) >= 11 is 0. The molecule has 0 unspecified atom stereocenters. The van der Waals surface area contributed by atoms with Gasteiger partial charge in [-0.2, -0.15) is 5.10 Å². The highest BCUT2D eigenvalue weighted by molar-refractivity contribution is 5.24. The Labute approximate surface area is 98.5 Å². The van der Waals surface area contributed by atoms with Gasteiger partial charge in [0.15, 0.2) is 0 Å². The molecule has 1 rings (SSSR count).